The van der Waals surface area contributed by atoms with Crippen molar-refractivity contribution < 1.29 is 19.1 Å². The van der Waals surface area contributed by atoms with Crippen LogP contribution in [0.4, 0.5) is 5.69 Å². The number of benzene rings is 3. The van der Waals surface area contributed by atoms with Crippen LogP contribution in [0.25, 0.3) is 5.69 Å². The van der Waals surface area contributed by atoms with Gasteiger partial charge in [-0.2, -0.15) is 5.10 Å². The topological polar surface area (TPSA) is 102 Å². The van der Waals surface area contributed by atoms with Gasteiger partial charge in [-0.25, -0.2) is 9.48 Å². The van der Waals surface area contributed by atoms with Crippen molar-refractivity contribution in [1.29, 1.82) is 0 Å². The number of esters is 1. The average molecular weight is 483 g/mol. The van der Waals surface area contributed by atoms with Crippen molar-refractivity contribution >= 4 is 23.5 Å². The van der Waals surface area contributed by atoms with E-state index in [0.29, 0.717) is 22.4 Å². The van der Waals surface area contributed by atoms with Gasteiger partial charge in [0.25, 0.3) is 11.8 Å². The second-order valence-electron chi connectivity index (χ2n) is 8.30. The van der Waals surface area contributed by atoms with Crippen molar-refractivity contribution in [3.63, 3.8) is 0 Å². The van der Waals surface area contributed by atoms with E-state index in [1.165, 1.54) is 13.2 Å². The van der Waals surface area contributed by atoms with Crippen LogP contribution in [0, 0.1) is 13.8 Å². The maximum Gasteiger partial charge on any atom is 0.337 e. The Morgan fingerprint density at radius 2 is 1.58 bits per heavy atom. The molecule has 0 unspecified atom stereocenters. The number of nitrogens with zero attached hydrogens (tertiary/aromatic N) is 2. The summed E-state index contributed by atoms with van der Waals surface area (Å²) in [6.07, 6.45) is 0. The monoisotopic (exact) mass is 482 g/mol. The van der Waals surface area contributed by atoms with E-state index >= 15 is 0 Å². The first-order chi connectivity index (χ1) is 17.3. The summed E-state index contributed by atoms with van der Waals surface area (Å²) >= 11 is 0. The van der Waals surface area contributed by atoms with Crippen molar-refractivity contribution in [3.8, 4) is 5.69 Å². The molecule has 0 fully saturated rings. The zero-order valence-electron chi connectivity index (χ0n) is 20.2. The largest absolute Gasteiger partial charge is 0.465 e. The second kappa shape index (κ2) is 10.7. The fourth-order valence-corrected chi connectivity index (χ4v) is 3.85. The molecule has 4 rings (SSSR count). The molecule has 0 radical (unpaired) electrons. The average Bonchev–Trinajstić information content (AvgIpc) is 3.24. The van der Waals surface area contributed by atoms with Crippen LogP contribution in [0.2, 0.25) is 0 Å². The Hall–Kier alpha value is -4.72. The molecule has 3 aromatic carbocycles. The quantitative estimate of drug-likeness (QED) is 0.379. The third-order valence-corrected chi connectivity index (χ3v) is 5.52. The van der Waals surface area contributed by atoms with Gasteiger partial charge < -0.3 is 15.4 Å². The lowest BCUT2D eigenvalue weighted by atomic mass is 10.1. The molecule has 4 aromatic rings. The van der Waals surface area contributed by atoms with E-state index in [0.717, 1.165) is 17.1 Å². The highest BCUT2D eigenvalue weighted by molar-refractivity contribution is 6.05. The van der Waals surface area contributed by atoms with Crippen molar-refractivity contribution in [2.45, 2.75) is 20.4 Å². The molecule has 8 nitrogen and oxygen atoms in total. The van der Waals surface area contributed by atoms with Crippen LogP contribution >= 0.6 is 0 Å². The number of anilines is 1. The number of ether oxygens (including phenoxy) is 1. The van der Waals surface area contributed by atoms with Crippen molar-refractivity contribution in [2.75, 3.05) is 12.4 Å². The highest BCUT2D eigenvalue weighted by Gasteiger charge is 2.14. The molecule has 8 heteroatoms. The molecule has 0 bridgehead atoms. The van der Waals surface area contributed by atoms with Gasteiger partial charge in [0.05, 0.1) is 24.1 Å². The van der Waals surface area contributed by atoms with E-state index in [2.05, 4.69) is 15.7 Å². The normalized spacial score (nSPS) is 10.5. The van der Waals surface area contributed by atoms with Crippen LogP contribution < -0.4 is 10.6 Å². The van der Waals surface area contributed by atoms with Crippen LogP contribution in [0.5, 0.6) is 0 Å². The van der Waals surface area contributed by atoms with Crippen LogP contribution in [0.3, 0.4) is 0 Å². The minimum Gasteiger partial charge on any atom is -0.465 e. The van der Waals surface area contributed by atoms with Gasteiger partial charge in [0.1, 0.15) is 0 Å². The Morgan fingerprint density at radius 3 is 2.28 bits per heavy atom. The Morgan fingerprint density at radius 1 is 0.833 bits per heavy atom. The Balaban J connectivity index is 1.52. The Kier molecular flexibility index (Phi) is 7.25. The number of hydrogen-bond donors (Lipinski definition) is 2. The standard InChI is InChI=1S/C28H26N4O4/c1-18-12-19(2)32(31-18)25-11-7-10-22(16-25)26(33)29-17-20-13-23(28(35)36-3)15-24(14-20)30-27(34)21-8-5-4-6-9-21/h4-16H,17H2,1-3H3,(H,29,33)(H,30,34). The van der Waals surface area contributed by atoms with Gasteiger partial charge >= 0.3 is 5.97 Å². The fraction of sp³-hybridized carbons (Fsp3) is 0.143. The van der Waals surface area contributed by atoms with E-state index < -0.39 is 5.97 Å². The summed E-state index contributed by atoms with van der Waals surface area (Å²) < 4.78 is 6.64. The lowest BCUT2D eigenvalue weighted by Gasteiger charge is -2.12. The summed E-state index contributed by atoms with van der Waals surface area (Å²) in [4.78, 5) is 37.7. The van der Waals surface area contributed by atoms with Crippen molar-refractivity contribution in [1.82, 2.24) is 15.1 Å². The molecule has 0 aliphatic heterocycles. The number of carbonyl (C=O) groups excluding carboxylic acids is 3. The summed E-state index contributed by atoms with van der Waals surface area (Å²) in [5.74, 6) is -1.14. The third-order valence-electron chi connectivity index (χ3n) is 5.52. The zero-order chi connectivity index (χ0) is 25.7. The molecule has 0 aliphatic carbocycles. The predicted molar refractivity (Wildman–Crippen MR) is 136 cm³/mol. The third kappa shape index (κ3) is 5.67. The van der Waals surface area contributed by atoms with E-state index in [1.807, 2.05) is 32.0 Å². The molecule has 0 saturated carbocycles. The Bertz CT molecular complexity index is 1430. The summed E-state index contributed by atoms with van der Waals surface area (Å²) in [5.41, 5.74) is 4.91. The molecule has 2 N–H and O–H groups in total. The number of hydrogen-bond acceptors (Lipinski definition) is 5. The van der Waals surface area contributed by atoms with E-state index in [-0.39, 0.29) is 23.9 Å². The number of aromatic nitrogens is 2. The Labute approximate surface area is 208 Å². The smallest absolute Gasteiger partial charge is 0.337 e. The molecule has 1 heterocycles. The second-order valence-corrected chi connectivity index (χ2v) is 8.30. The van der Waals surface area contributed by atoms with E-state index in [1.54, 1.807) is 59.3 Å². The minimum absolute atomic E-state index is 0.141. The van der Waals surface area contributed by atoms with E-state index in [9.17, 15) is 14.4 Å². The van der Waals surface area contributed by atoms with Crippen LogP contribution in [0.15, 0.2) is 78.9 Å². The summed E-state index contributed by atoms with van der Waals surface area (Å²) in [5, 5.41) is 10.1. The van der Waals surface area contributed by atoms with Gasteiger partial charge in [0.2, 0.25) is 0 Å². The lowest BCUT2D eigenvalue weighted by Crippen LogP contribution is -2.23. The molecular formula is C28H26N4O4. The predicted octanol–water partition coefficient (Wildman–Crippen LogP) is 4.46. The van der Waals surface area contributed by atoms with Crippen LogP contribution in [-0.2, 0) is 11.3 Å². The maximum absolute atomic E-state index is 12.9. The molecule has 182 valence electrons. The van der Waals surface area contributed by atoms with E-state index in [4.69, 9.17) is 4.74 Å². The first kappa shape index (κ1) is 24.4. The molecule has 0 spiro atoms. The SMILES string of the molecule is COC(=O)c1cc(CNC(=O)c2cccc(-n3nc(C)cc3C)c2)cc(NC(=O)c2ccccc2)c1. The van der Waals surface area contributed by atoms with Crippen LogP contribution in [0.1, 0.15) is 48.0 Å². The molecule has 0 saturated heterocycles. The van der Waals surface area contributed by atoms with Gasteiger partial charge in [-0.3, -0.25) is 9.59 Å². The van der Waals surface area contributed by atoms with Crippen LogP contribution in [-0.4, -0.2) is 34.7 Å². The molecule has 1 aromatic heterocycles. The summed E-state index contributed by atoms with van der Waals surface area (Å²) in [6.45, 7) is 4.01. The maximum atomic E-state index is 12.9. The van der Waals surface area contributed by atoms with Gasteiger partial charge in [-0.15, -0.1) is 0 Å². The number of nitrogens with one attached hydrogen (secondary N) is 2. The summed E-state index contributed by atoms with van der Waals surface area (Å²) in [6, 6.07) is 22.8. The van der Waals surface area contributed by atoms with Gasteiger partial charge in [-0.1, -0.05) is 24.3 Å². The number of carbonyl (C=O) groups is 3. The highest BCUT2D eigenvalue weighted by Crippen LogP contribution is 2.18. The minimum atomic E-state index is -0.545. The molecule has 36 heavy (non-hydrogen) atoms. The van der Waals surface area contributed by atoms with Crippen molar-refractivity contribution in [2.24, 2.45) is 0 Å². The number of aryl methyl sites for hydroxylation is 2. The molecule has 0 atom stereocenters. The van der Waals surface area contributed by atoms with Crippen molar-refractivity contribution in [3.05, 3.63) is 113 Å². The zero-order valence-corrected chi connectivity index (χ0v) is 20.2. The van der Waals surface area contributed by atoms with Gasteiger partial charge in [-0.05, 0) is 74.0 Å². The summed E-state index contributed by atoms with van der Waals surface area (Å²) in [7, 11) is 1.29. The molecular weight excluding hydrogens is 456 g/mol. The first-order valence-corrected chi connectivity index (χ1v) is 11.3. The van der Waals surface area contributed by atoms with Gasteiger partial charge in [0.15, 0.2) is 0 Å². The first-order valence-electron chi connectivity index (χ1n) is 11.3. The molecule has 0 aliphatic rings. The molecule has 2 amide bonds. The highest BCUT2D eigenvalue weighted by atomic mass is 16.5. The van der Waals surface area contributed by atoms with Gasteiger partial charge in [0, 0.05) is 29.1 Å². The lowest BCUT2D eigenvalue weighted by molar-refractivity contribution is 0.0600. The fourth-order valence-electron chi connectivity index (χ4n) is 3.85. The number of amides is 2. The number of rotatable bonds is 7. The number of methoxy groups -OCH3 is 1.